The van der Waals surface area contributed by atoms with E-state index in [1.165, 1.54) is 40.0 Å². The van der Waals surface area contributed by atoms with Crippen molar-refractivity contribution >= 4 is 50.6 Å². The summed E-state index contributed by atoms with van der Waals surface area (Å²) in [5.74, 6) is 0.164. The highest BCUT2D eigenvalue weighted by Gasteiger charge is 2.14. The van der Waals surface area contributed by atoms with Crippen molar-refractivity contribution in [2.24, 2.45) is 0 Å². The number of nitrogens with one attached hydrogen (secondary N) is 2. The molecular formula is C19H23N5OS3. The van der Waals surface area contributed by atoms with Gasteiger partial charge in [-0.15, -0.1) is 21.5 Å². The molecular weight excluding hydrogens is 410 g/mol. The molecule has 0 spiro atoms. The van der Waals surface area contributed by atoms with Crippen LogP contribution in [0.5, 0.6) is 0 Å². The standard InChI is InChI=1S/C19H23N5OS3/c1-5-12-6-8-13(9-7-12)14-10-26-16(20-14)21-15(25)11-27-18-24-23-17(28-18)22-19(2,3)4/h6-10H,5,11H2,1-4H3,(H,22,23)(H,20,21,25). The van der Waals surface area contributed by atoms with Crippen LogP contribution in [0.1, 0.15) is 33.3 Å². The molecule has 2 aromatic heterocycles. The molecule has 3 aromatic rings. The molecule has 1 aromatic carbocycles. The molecule has 148 valence electrons. The van der Waals surface area contributed by atoms with Crippen molar-refractivity contribution in [1.82, 2.24) is 15.2 Å². The average molecular weight is 434 g/mol. The van der Waals surface area contributed by atoms with Gasteiger partial charge in [0.1, 0.15) is 0 Å². The van der Waals surface area contributed by atoms with Crippen LogP contribution < -0.4 is 10.6 Å². The molecule has 3 rings (SSSR count). The van der Waals surface area contributed by atoms with Gasteiger partial charge in [0.15, 0.2) is 9.47 Å². The molecule has 0 saturated carbocycles. The number of aryl methyl sites for hydroxylation is 1. The van der Waals surface area contributed by atoms with E-state index in [4.69, 9.17) is 0 Å². The third kappa shape index (κ3) is 6.02. The van der Waals surface area contributed by atoms with Gasteiger partial charge in [-0.25, -0.2) is 4.98 Å². The maximum atomic E-state index is 12.2. The maximum Gasteiger partial charge on any atom is 0.236 e. The molecule has 1 amide bonds. The van der Waals surface area contributed by atoms with Gasteiger partial charge < -0.3 is 10.6 Å². The zero-order valence-electron chi connectivity index (χ0n) is 16.3. The minimum Gasteiger partial charge on any atom is -0.355 e. The Hall–Kier alpha value is -1.97. The molecule has 6 nitrogen and oxygen atoms in total. The van der Waals surface area contributed by atoms with Crippen molar-refractivity contribution in [3.05, 3.63) is 35.2 Å². The molecule has 0 aliphatic carbocycles. The highest BCUT2D eigenvalue weighted by molar-refractivity contribution is 8.01. The van der Waals surface area contributed by atoms with Crippen LogP contribution in [0.3, 0.4) is 0 Å². The largest absolute Gasteiger partial charge is 0.355 e. The lowest BCUT2D eigenvalue weighted by Crippen LogP contribution is -2.25. The summed E-state index contributed by atoms with van der Waals surface area (Å²) < 4.78 is 0.762. The van der Waals surface area contributed by atoms with Crippen LogP contribution in [0.4, 0.5) is 10.3 Å². The average Bonchev–Trinajstić information content (AvgIpc) is 3.28. The number of amides is 1. The van der Waals surface area contributed by atoms with E-state index in [-0.39, 0.29) is 17.2 Å². The third-order valence-electron chi connectivity index (χ3n) is 3.62. The van der Waals surface area contributed by atoms with Crippen molar-refractivity contribution in [2.75, 3.05) is 16.4 Å². The summed E-state index contributed by atoms with van der Waals surface area (Å²) in [6, 6.07) is 8.34. The van der Waals surface area contributed by atoms with Gasteiger partial charge in [0.25, 0.3) is 0 Å². The molecule has 9 heteroatoms. The molecule has 0 saturated heterocycles. The summed E-state index contributed by atoms with van der Waals surface area (Å²) in [5.41, 5.74) is 3.15. The Kier molecular flexibility index (Phi) is 6.69. The summed E-state index contributed by atoms with van der Waals surface area (Å²) in [4.78, 5) is 16.7. The lowest BCUT2D eigenvalue weighted by Gasteiger charge is -2.18. The minimum absolute atomic E-state index is 0.0712. The zero-order valence-corrected chi connectivity index (χ0v) is 18.7. The molecule has 0 unspecified atom stereocenters. The van der Waals surface area contributed by atoms with Crippen LogP contribution in [0, 0.1) is 0 Å². The SMILES string of the molecule is CCc1ccc(-c2csc(NC(=O)CSc3nnc(NC(C)(C)C)s3)n2)cc1. The van der Waals surface area contributed by atoms with Crippen LogP contribution >= 0.6 is 34.4 Å². The number of thiazole rings is 1. The highest BCUT2D eigenvalue weighted by Crippen LogP contribution is 2.28. The number of thioether (sulfide) groups is 1. The fourth-order valence-electron chi connectivity index (χ4n) is 2.30. The second-order valence-corrected chi connectivity index (χ2v) is 10.2. The molecule has 0 atom stereocenters. The lowest BCUT2D eigenvalue weighted by molar-refractivity contribution is -0.113. The van der Waals surface area contributed by atoms with E-state index < -0.39 is 0 Å². The first-order chi connectivity index (χ1) is 13.3. The second-order valence-electron chi connectivity index (χ2n) is 7.17. The van der Waals surface area contributed by atoms with Crippen LogP contribution in [-0.2, 0) is 11.2 Å². The van der Waals surface area contributed by atoms with Gasteiger partial charge in [0, 0.05) is 16.5 Å². The lowest BCUT2D eigenvalue weighted by atomic mass is 10.1. The first-order valence-electron chi connectivity index (χ1n) is 8.91. The van der Waals surface area contributed by atoms with E-state index in [0.717, 1.165) is 27.1 Å². The van der Waals surface area contributed by atoms with Crippen molar-refractivity contribution in [3.8, 4) is 11.3 Å². The number of carbonyl (C=O) groups is 1. The Morgan fingerprint density at radius 2 is 1.89 bits per heavy atom. The predicted octanol–water partition coefficient (Wildman–Crippen LogP) is 5.17. The van der Waals surface area contributed by atoms with E-state index >= 15 is 0 Å². The monoisotopic (exact) mass is 433 g/mol. The van der Waals surface area contributed by atoms with E-state index in [1.807, 2.05) is 5.38 Å². The van der Waals surface area contributed by atoms with Crippen LogP contribution in [0.2, 0.25) is 0 Å². The fourth-order valence-corrected chi connectivity index (χ4v) is 4.79. The van der Waals surface area contributed by atoms with Crippen LogP contribution in [0.25, 0.3) is 11.3 Å². The molecule has 2 heterocycles. The fraction of sp³-hybridized carbons (Fsp3) is 0.368. The number of hydrogen-bond acceptors (Lipinski definition) is 8. The van der Waals surface area contributed by atoms with Crippen molar-refractivity contribution < 1.29 is 4.79 Å². The van der Waals surface area contributed by atoms with Crippen molar-refractivity contribution in [1.29, 1.82) is 0 Å². The summed E-state index contributed by atoms with van der Waals surface area (Å²) in [7, 11) is 0. The van der Waals surface area contributed by atoms with Crippen molar-refractivity contribution in [3.63, 3.8) is 0 Å². The normalized spacial score (nSPS) is 11.4. The molecule has 0 radical (unpaired) electrons. The Bertz CT molecular complexity index is 928. The van der Waals surface area contributed by atoms with E-state index in [2.05, 4.69) is 77.8 Å². The number of nitrogens with zero attached hydrogens (tertiary/aromatic N) is 3. The summed E-state index contributed by atoms with van der Waals surface area (Å²) in [5, 5.41) is 17.7. The minimum atomic E-state index is -0.104. The Morgan fingerprint density at radius 3 is 2.57 bits per heavy atom. The number of rotatable bonds is 7. The molecule has 28 heavy (non-hydrogen) atoms. The molecule has 0 bridgehead atoms. The Labute approximate surface area is 177 Å². The number of hydrogen-bond donors (Lipinski definition) is 2. The number of anilines is 2. The van der Waals surface area contributed by atoms with Crippen molar-refractivity contribution in [2.45, 2.75) is 44.0 Å². The van der Waals surface area contributed by atoms with Crippen LogP contribution in [0.15, 0.2) is 34.0 Å². The molecule has 0 fully saturated rings. The molecule has 0 aliphatic heterocycles. The van der Waals surface area contributed by atoms with Gasteiger partial charge >= 0.3 is 0 Å². The van der Waals surface area contributed by atoms with Gasteiger partial charge in [0.05, 0.1) is 11.4 Å². The van der Waals surface area contributed by atoms with Gasteiger partial charge in [0.2, 0.25) is 11.0 Å². The number of carbonyl (C=O) groups excluding carboxylic acids is 1. The van der Waals surface area contributed by atoms with Gasteiger partial charge in [-0.2, -0.15) is 0 Å². The zero-order chi connectivity index (χ0) is 20.1. The smallest absolute Gasteiger partial charge is 0.236 e. The summed E-state index contributed by atoms with van der Waals surface area (Å²) in [6.07, 6.45) is 1.01. The van der Waals surface area contributed by atoms with Gasteiger partial charge in [-0.1, -0.05) is 54.3 Å². The van der Waals surface area contributed by atoms with Gasteiger partial charge in [-0.05, 0) is 32.8 Å². The second kappa shape index (κ2) is 9.02. The van der Waals surface area contributed by atoms with Gasteiger partial charge in [-0.3, -0.25) is 4.79 Å². The number of aromatic nitrogens is 3. The summed E-state index contributed by atoms with van der Waals surface area (Å²) in [6.45, 7) is 8.33. The van der Waals surface area contributed by atoms with E-state index in [0.29, 0.717) is 5.13 Å². The van der Waals surface area contributed by atoms with Crippen LogP contribution in [-0.4, -0.2) is 32.4 Å². The molecule has 0 aliphatic rings. The Balaban J connectivity index is 1.52. The Morgan fingerprint density at radius 1 is 1.14 bits per heavy atom. The quantitative estimate of drug-likeness (QED) is 0.501. The molecule has 2 N–H and O–H groups in total. The first-order valence-corrected chi connectivity index (χ1v) is 11.6. The third-order valence-corrected chi connectivity index (χ3v) is 6.35. The van der Waals surface area contributed by atoms with E-state index in [9.17, 15) is 4.79 Å². The predicted molar refractivity (Wildman–Crippen MR) is 120 cm³/mol. The first kappa shape index (κ1) is 20.8. The number of benzene rings is 1. The highest BCUT2D eigenvalue weighted by atomic mass is 32.2. The summed E-state index contributed by atoms with van der Waals surface area (Å²) >= 11 is 4.25. The maximum absolute atomic E-state index is 12.2. The topological polar surface area (TPSA) is 79.8 Å². The van der Waals surface area contributed by atoms with E-state index in [1.54, 1.807) is 0 Å².